The Morgan fingerprint density at radius 1 is 1.27 bits per heavy atom. The molecule has 0 radical (unpaired) electrons. The molecular formula is C16H16N4O2. The number of nitrogens with two attached hydrogens (primary N) is 1. The molecule has 0 aliphatic rings. The molecule has 0 unspecified atom stereocenters. The van der Waals surface area contributed by atoms with E-state index in [1.807, 2.05) is 29.7 Å². The van der Waals surface area contributed by atoms with Gasteiger partial charge in [-0.3, -0.25) is 14.5 Å². The summed E-state index contributed by atoms with van der Waals surface area (Å²) in [5, 5.41) is 10.8. The first-order valence-electron chi connectivity index (χ1n) is 7.03. The van der Waals surface area contributed by atoms with Gasteiger partial charge in [0, 0.05) is 30.3 Å². The normalized spacial score (nSPS) is 11.0. The Morgan fingerprint density at radius 3 is 2.64 bits per heavy atom. The molecule has 0 amide bonds. The van der Waals surface area contributed by atoms with E-state index in [1.54, 1.807) is 12.1 Å². The molecule has 22 heavy (non-hydrogen) atoms. The maximum Gasteiger partial charge on any atom is 0.269 e. The van der Waals surface area contributed by atoms with Gasteiger partial charge in [0.1, 0.15) is 5.65 Å². The van der Waals surface area contributed by atoms with E-state index in [0.717, 1.165) is 28.2 Å². The molecule has 0 aliphatic carbocycles. The van der Waals surface area contributed by atoms with Crippen LogP contribution < -0.4 is 5.73 Å². The summed E-state index contributed by atoms with van der Waals surface area (Å²) >= 11 is 0. The fourth-order valence-electron chi connectivity index (χ4n) is 2.61. The Kier molecular flexibility index (Phi) is 3.60. The smallest absolute Gasteiger partial charge is 0.269 e. The highest BCUT2D eigenvalue weighted by Crippen LogP contribution is 2.28. The third kappa shape index (κ3) is 2.33. The van der Waals surface area contributed by atoms with Gasteiger partial charge in [0.25, 0.3) is 5.69 Å². The Morgan fingerprint density at radius 2 is 2.00 bits per heavy atom. The van der Waals surface area contributed by atoms with Crippen molar-refractivity contribution in [3.8, 4) is 11.3 Å². The molecule has 0 fully saturated rings. The third-order valence-electron chi connectivity index (χ3n) is 3.65. The zero-order valence-electron chi connectivity index (χ0n) is 12.2. The van der Waals surface area contributed by atoms with Gasteiger partial charge < -0.3 is 5.73 Å². The van der Waals surface area contributed by atoms with Gasteiger partial charge in [-0.1, -0.05) is 6.07 Å². The molecule has 0 aliphatic heterocycles. The number of nitro benzene ring substituents is 1. The summed E-state index contributed by atoms with van der Waals surface area (Å²) in [6.45, 7) is 2.51. The summed E-state index contributed by atoms with van der Waals surface area (Å²) in [5.74, 6) is 0. The number of aromatic nitrogens is 2. The predicted molar refractivity (Wildman–Crippen MR) is 84.8 cm³/mol. The second-order valence-electron chi connectivity index (χ2n) is 5.13. The van der Waals surface area contributed by atoms with Crippen molar-refractivity contribution < 1.29 is 4.92 Å². The summed E-state index contributed by atoms with van der Waals surface area (Å²) in [4.78, 5) is 15.1. The Labute approximate surface area is 127 Å². The summed E-state index contributed by atoms with van der Waals surface area (Å²) < 4.78 is 2.02. The van der Waals surface area contributed by atoms with Crippen LogP contribution in [0.1, 0.15) is 11.3 Å². The highest BCUT2D eigenvalue weighted by atomic mass is 16.6. The fraction of sp³-hybridized carbons (Fsp3) is 0.188. The number of nitro groups is 1. The molecule has 0 saturated heterocycles. The Bertz CT molecular complexity index is 837. The summed E-state index contributed by atoms with van der Waals surface area (Å²) in [6.07, 6.45) is 2.61. The van der Waals surface area contributed by atoms with Crippen molar-refractivity contribution >= 4 is 11.3 Å². The lowest BCUT2D eigenvalue weighted by atomic mass is 10.1. The van der Waals surface area contributed by atoms with Crippen LogP contribution in [0.4, 0.5) is 5.69 Å². The number of imidazole rings is 1. The number of aryl methyl sites for hydroxylation is 1. The van der Waals surface area contributed by atoms with Crippen LogP contribution in [0.2, 0.25) is 0 Å². The lowest BCUT2D eigenvalue weighted by Crippen LogP contribution is -2.04. The van der Waals surface area contributed by atoms with E-state index in [2.05, 4.69) is 4.98 Å². The molecule has 3 aromatic rings. The lowest BCUT2D eigenvalue weighted by molar-refractivity contribution is -0.384. The van der Waals surface area contributed by atoms with Gasteiger partial charge in [0.15, 0.2) is 0 Å². The minimum atomic E-state index is -0.400. The van der Waals surface area contributed by atoms with E-state index >= 15 is 0 Å². The molecule has 2 heterocycles. The largest absolute Gasteiger partial charge is 0.330 e. The first-order valence-corrected chi connectivity index (χ1v) is 7.03. The minimum absolute atomic E-state index is 0.0779. The average Bonchev–Trinajstić information content (AvgIpc) is 2.87. The number of hydrogen-bond acceptors (Lipinski definition) is 4. The fourth-order valence-corrected chi connectivity index (χ4v) is 2.61. The molecule has 2 aromatic heterocycles. The summed E-state index contributed by atoms with van der Waals surface area (Å²) in [7, 11) is 0. The van der Waals surface area contributed by atoms with Crippen LogP contribution in [0, 0.1) is 17.0 Å². The first kappa shape index (κ1) is 14.2. The number of pyridine rings is 1. The molecule has 6 nitrogen and oxygen atoms in total. The first-order chi connectivity index (χ1) is 10.6. The van der Waals surface area contributed by atoms with E-state index in [9.17, 15) is 10.1 Å². The third-order valence-corrected chi connectivity index (χ3v) is 3.65. The number of fused-ring (bicyclic) bond motifs is 1. The molecule has 3 rings (SSSR count). The maximum absolute atomic E-state index is 10.8. The minimum Gasteiger partial charge on any atom is -0.330 e. The van der Waals surface area contributed by atoms with E-state index in [1.165, 1.54) is 12.1 Å². The topological polar surface area (TPSA) is 86.5 Å². The second-order valence-corrected chi connectivity index (χ2v) is 5.13. The van der Waals surface area contributed by atoms with Crippen LogP contribution in [-0.2, 0) is 6.42 Å². The van der Waals surface area contributed by atoms with Crippen LogP contribution in [0.25, 0.3) is 16.9 Å². The van der Waals surface area contributed by atoms with Crippen LogP contribution in [0.5, 0.6) is 0 Å². The summed E-state index contributed by atoms with van der Waals surface area (Å²) in [5.41, 5.74) is 10.5. The molecule has 0 saturated carbocycles. The molecule has 0 spiro atoms. The van der Waals surface area contributed by atoms with Gasteiger partial charge >= 0.3 is 0 Å². The van der Waals surface area contributed by atoms with Gasteiger partial charge in [0.2, 0.25) is 0 Å². The number of hydrogen-bond donors (Lipinski definition) is 1. The van der Waals surface area contributed by atoms with E-state index in [-0.39, 0.29) is 5.69 Å². The van der Waals surface area contributed by atoms with Gasteiger partial charge in [-0.25, -0.2) is 4.98 Å². The second kappa shape index (κ2) is 5.57. The number of nitrogens with zero attached hydrogens (tertiary/aromatic N) is 3. The van der Waals surface area contributed by atoms with Crippen LogP contribution >= 0.6 is 0 Å². The van der Waals surface area contributed by atoms with Crippen LogP contribution in [0.3, 0.4) is 0 Å². The predicted octanol–water partition coefficient (Wildman–Crippen LogP) is 2.72. The molecule has 0 atom stereocenters. The molecule has 0 bridgehead atoms. The monoisotopic (exact) mass is 296 g/mol. The number of benzene rings is 1. The highest BCUT2D eigenvalue weighted by molar-refractivity contribution is 5.69. The summed E-state index contributed by atoms with van der Waals surface area (Å²) in [6, 6.07) is 10.5. The van der Waals surface area contributed by atoms with Crippen molar-refractivity contribution in [3.63, 3.8) is 0 Å². The standard InChI is InChI=1S/C16H16N4O2/c1-11-3-2-10-19-15(14(8-9-17)18-16(11)19)12-4-6-13(7-5-12)20(21)22/h2-7,10H,8-9,17H2,1H3. The average molecular weight is 296 g/mol. The SMILES string of the molecule is Cc1cccn2c(-c3ccc([N+](=O)[O-])cc3)c(CCN)nc12. The zero-order chi connectivity index (χ0) is 15.7. The molecular weight excluding hydrogens is 280 g/mol. The van der Waals surface area contributed by atoms with E-state index in [0.29, 0.717) is 13.0 Å². The van der Waals surface area contributed by atoms with Gasteiger partial charge in [-0.15, -0.1) is 0 Å². The Balaban J connectivity index is 2.21. The molecule has 1 aromatic carbocycles. The van der Waals surface area contributed by atoms with Crippen molar-refractivity contribution in [2.24, 2.45) is 5.73 Å². The van der Waals surface area contributed by atoms with E-state index in [4.69, 9.17) is 5.73 Å². The van der Waals surface area contributed by atoms with E-state index < -0.39 is 4.92 Å². The van der Waals surface area contributed by atoms with Crippen LogP contribution in [0.15, 0.2) is 42.6 Å². The van der Waals surface area contributed by atoms with Crippen molar-refractivity contribution in [2.75, 3.05) is 6.54 Å². The van der Waals surface area contributed by atoms with Crippen LogP contribution in [-0.4, -0.2) is 20.9 Å². The highest BCUT2D eigenvalue weighted by Gasteiger charge is 2.15. The van der Waals surface area contributed by atoms with Crippen molar-refractivity contribution in [1.82, 2.24) is 9.38 Å². The molecule has 112 valence electrons. The lowest BCUT2D eigenvalue weighted by Gasteiger charge is -2.05. The number of non-ortho nitro benzene ring substituents is 1. The van der Waals surface area contributed by atoms with Crippen molar-refractivity contribution in [1.29, 1.82) is 0 Å². The van der Waals surface area contributed by atoms with Crippen molar-refractivity contribution in [2.45, 2.75) is 13.3 Å². The quantitative estimate of drug-likeness (QED) is 0.592. The number of rotatable bonds is 4. The van der Waals surface area contributed by atoms with Gasteiger partial charge in [-0.05, 0) is 37.2 Å². The molecule has 6 heteroatoms. The molecule has 2 N–H and O–H groups in total. The Hall–Kier alpha value is -2.73. The maximum atomic E-state index is 10.8. The van der Waals surface area contributed by atoms with Gasteiger partial charge in [0.05, 0.1) is 16.3 Å². The van der Waals surface area contributed by atoms with Gasteiger partial charge in [-0.2, -0.15) is 0 Å². The zero-order valence-corrected chi connectivity index (χ0v) is 12.2. The van der Waals surface area contributed by atoms with Crippen molar-refractivity contribution in [3.05, 3.63) is 64.0 Å².